The second-order valence-corrected chi connectivity index (χ2v) is 11.0. The molecular weight excluding hydrogens is 536 g/mol. The van der Waals surface area contributed by atoms with Crippen LogP contribution in [-0.4, -0.2) is 31.2 Å². The molecule has 0 aliphatic carbocycles. The van der Waals surface area contributed by atoms with Gasteiger partial charge in [-0.2, -0.15) is 0 Å². The fourth-order valence-electron chi connectivity index (χ4n) is 3.77. The first kappa shape index (κ1) is 33.1. The highest BCUT2D eigenvalue weighted by Crippen LogP contribution is 2.39. The maximum Gasteiger partial charge on any atom is 0.269 e. The van der Waals surface area contributed by atoms with E-state index in [-0.39, 0.29) is 23.1 Å². The smallest absolute Gasteiger partial charge is 0.269 e. The van der Waals surface area contributed by atoms with Crippen molar-refractivity contribution in [1.29, 1.82) is 0 Å². The van der Waals surface area contributed by atoms with Gasteiger partial charge in [-0.25, -0.2) is 5.84 Å². The first-order chi connectivity index (χ1) is 19.3. The number of rotatable bonds is 12. The predicted molar refractivity (Wildman–Crippen MR) is 173 cm³/mol. The first-order valence-electron chi connectivity index (χ1n) is 13.0. The number of allylic oxidation sites excluding steroid dienone is 4. The Hall–Kier alpha value is -4.15. The third kappa shape index (κ3) is 9.47. The van der Waals surface area contributed by atoms with Crippen LogP contribution >= 0.6 is 11.9 Å². The molecule has 0 spiro atoms. The number of nitrogens with two attached hydrogens (primary N) is 2. The molecule has 1 unspecified atom stereocenters. The monoisotopic (exact) mass is 578 g/mol. The minimum Gasteiger partial charge on any atom is -0.492 e. The van der Waals surface area contributed by atoms with Crippen LogP contribution in [0, 0.1) is 6.92 Å². The third-order valence-corrected chi connectivity index (χ3v) is 6.45. The van der Waals surface area contributed by atoms with E-state index in [2.05, 4.69) is 42.7 Å². The number of hydrogen-bond donors (Lipinski definition) is 5. The summed E-state index contributed by atoms with van der Waals surface area (Å²) in [5, 5.41) is 7.00. The van der Waals surface area contributed by atoms with Gasteiger partial charge in [0.2, 0.25) is 0 Å². The number of carbonyl (C=O) groups excluding carboxylic acids is 2. The number of aryl methyl sites for hydroxylation is 1. The number of hydrogen-bond acceptors (Lipinski definition) is 8. The molecule has 0 heterocycles. The van der Waals surface area contributed by atoms with Crippen molar-refractivity contribution in [2.24, 2.45) is 11.6 Å². The van der Waals surface area contributed by atoms with E-state index < -0.39 is 5.91 Å². The lowest BCUT2D eigenvalue weighted by Gasteiger charge is -2.24. The summed E-state index contributed by atoms with van der Waals surface area (Å²) >= 11 is 1.43. The van der Waals surface area contributed by atoms with E-state index in [1.165, 1.54) is 23.2 Å². The van der Waals surface area contributed by atoms with E-state index in [1.807, 2.05) is 38.3 Å². The zero-order chi connectivity index (χ0) is 30.7. The van der Waals surface area contributed by atoms with Crippen LogP contribution in [0.1, 0.15) is 49.2 Å². The molecule has 7 N–H and O–H groups in total. The standard InChI is InChI=1S/C31H42N6O3S/c1-9-10-11-12-13-21(3)34-30(39)24(32)19-37(33)27-16-22(15-14-20(27)2)29(38)35-25-17-23(31(4,5)6)18-26(36-41-8)28(25)40-7/h9-19,21,36H,1,32-33H2,2-8H3,(H,34,39)(H,35,38)/b11-10-,13-12+,24-19-. The van der Waals surface area contributed by atoms with Gasteiger partial charge >= 0.3 is 0 Å². The van der Waals surface area contributed by atoms with Crippen LogP contribution in [-0.2, 0) is 10.2 Å². The molecule has 1 atom stereocenters. The maximum atomic E-state index is 13.4. The normalized spacial score (nSPS) is 12.7. The summed E-state index contributed by atoms with van der Waals surface area (Å²) in [6.07, 6.45) is 12.1. The van der Waals surface area contributed by atoms with E-state index in [0.717, 1.165) is 16.8 Å². The molecule has 0 bridgehead atoms. The van der Waals surface area contributed by atoms with Crippen molar-refractivity contribution in [1.82, 2.24) is 5.32 Å². The zero-order valence-electron chi connectivity index (χ0n) is 24.9. The van der Waals surface area contributed by atoms with Crippen LogP contribution in [0.3, 0.4) is 0 Å². The molecule has 41 heavy (non-hydrogen) atoms. The summed E-state index contributed by atoms with van der Waals surface area (Å²) in [4.78, 5) is 26.0. The number of ether oxygens (including phenoxy) is 1. The van der Waals surface area contributed by atoms with Crippen molar-refractivity contribution < 1.29 is 14.3 Å². The Morgan fingerprint density at radius 1 is 1.12 bits per heavy atom. The van der Waals surface area contributed by atoms with E-state index in [4.69, 9.17) is 16.3 Å². The van der Waals surface area contributed by atoms with Crippen LogP contribution in [0.15, 0.2) is 79.2 Å². The van der Waals surface area contributed by atoms with Gasteiger partial charge in [0.25, 0.3) is 11.8 Å². The van der Waals surface area contributed by atoms with E-state index in [0.29, 0.717) is 22.7 Å². The van der Waals surface area contributed by atoms with Gasteiger partial charge in [0.15, 0.2) is 5.75 Å². The number of benzene rings is 2. The topological polar surface area (TPSA) is 135 Å². The SMILES string of the molecule is C=C/C=C\C=C\C(C)NC(=O)/C(N)=C/N(N)c1cc(C(=O)Nc2cc(C(C)(C)C)cc(NSC)c2OC)ccc1C. The summed E-state index contributed by atoms with van der Waals surface area (Å²) in [6.45, 7) is 13.6. The predicted octanol–water partition coefficient (Wildman–Crippen LogP) is 5.53. The Labute approximate surface area is 247 Å². The fraction of sp³-hybridized carbons (Fsp3) is 0.290. The van der Waals surface area contributed by atoms with Gasteiger partial charge in [-0.15, -0.1) is 0 Å². The molecule has 0 saturated carbocycles. The van der Waals surface area contributed by atoms with Gasteiger partial charge in [0, 0.05) is 24.1 Å². The van der Waals surface area contributed by atoms with Gasteiger partial charge in [0.05, 0.1) is 24.2 Å². The van der Waals surface area contributed by atoms with E-state index >= 15 is 0 Å². The second-order valence-electron chi connectivity index (χ2n) is 10.4. The zero-order valence-corrected chi connectivity index (χ0v) is 25.7. The number of amides is 2. The molecule has 0 fully saturated rings. The number of nitrogens with zero attached hydrogens (tertiary/aromatic N) is 1. The quantitative estimate of drug-likeness (QED) is 0.0730. The molecule has 0 aliphatic heterocycles. The summed E-state index contributed by atoms with van der Waals surface area (Å²) < 4.78 is 8.89. The lowest BCUT2D eigenvalue weighted by atomic mass is 9.86. The van der Waals surface area contributed by atoms with Crippen molar-refractivity contribution in [3.05, 3.63) is 95.9 Å². The van der Waals surface area contributed by atoms with Crippen LogP contribution < -0.4 is 36.7 Å². The number of hydrazine groups is 1. The molecule has 0 aliphatic rings. The second kappa shape index (κ2) is 15.0. The molecule has 10 heteroatoms. The number of anilines is 3. The molecule has 2 rings (SSSR count). The highest BCUT2D eigenvalue weighted by molar-refractivity contribution is 7.99. The van der Waals surface area contributed by atoms with Gasteiger partial charge in [-0.3, -0.25) is 14.6 Å². The van der Waals surface area contributed by atoms with Crippen molar-refractivity contribution >= 4 is 40.8 Å². The Balaban J connectivity index is 2.31. The van der Waals surface area contributed by atoms with Crippen LogP contribution in [0.2, 0.25) is 0 Å². The lowest BCUT2D eigenvalue weighted by Crippen LogP contribution is -2.37. The molecule has 0 aromatic heterocycles. The molecule has 0 radical (unpaired) electrons. The maximum absolute atomic E-state index is 13.4. The van der Waals surface area contributed by atoms with Gasteiger partial charge in [0.1, 0.15) is 5.70 Å². The minimum absolute atomic E-state index is 0.0822. The average molecular weight is 579 g/mol. The highest BCUT2D eigenvalue weighted by Gasteiger charge is 2.21. The summed E-state index contributed by atoms with van der Waals surface area (Å²) in [5.74, 6) is 5.97. The van der Waals surface area contributed by atoms with E-state index in [9.17, 15) is 9.59 Å². The summed E-state index contributed by atoms with van der Waals surface area (Å²) in [7, 11) is 1.56. The molecule has 0 saturated heterocycles. The van der Waals surface area contributed by atoms with Crippen LogP contribution in [0.5, 0.6) is 5.75 Å². The molecule has 2 aromatic rings. The Kier molecular flexibility index (Phi) is 12.1. The Morgan fingerprint density at radius 3 is 2.41 bits per heavy atom. The fourth-order valence-corrected chi connectivity index (χ4v) is 4.14. The average Bonchev–Trinajstić information content (AvgIpc) is 2.90. The molecule has 9 nitrogen and oxygen atoms in total. The van der Waals surface area contributed by atoms with Crippen molar-refractivity contribution in [2.75, 3.05) is 28.4 Å². The Bertz CT molecular complexity index is 1340. The van der Waals surface area contributed by atoms with E-state index in [1.54, 1.807) is 49.6 Å². The molecule has 2 amide bonds. The van der Waals surface area contributed by atoms with Crippen molar-refractivity contribution in [3.8, 4) is 5.75 Å². The third-order valence-electron chi connectivity index (χ3n) is 6.03. The minimum atomic E-state index is -0.475. The van der Waals surface area contributed by atoms with Gasteiger partial charge < -0.3 is 25.8 Å². The van der Waals surface area contributed by atoms with Crippen molar-refractivity contribution in [2.45, 2.75) is 46.1 Å². The largest absolute Gasteiger partial charge is 0.492 e. The van der Waals surface area contributed by atoms with Crippen LogP contribution in [0.4, 0.5) is 17.1 Å². The molecular formula is C31H42N6O3S. The summed E-state index contributed by atoms with van der Waals surface area (Å²) in [6, 6.07) is 8.81. The molecule has 220 valence electrons. The first-order valence-corrected chi connectivity index (χ1v) is 14.3. The number of nitrogens with one attached hydrogen (secondary N) is 3. The molecule has 2 aromatic carbocycles. The Morgan fingerprint density at radius 2 is 1.80 bits per heavy atom. The summed E-state index contributed by atoms with van der Waals surface area (Å²) in [5.41, 5.74) is 9.78. The van der Waals surface area contributed by atoms with Crippen molar-refractivity contribution in [3.63, 3.8) is 0 Å². The van der Waals surface area contributed by atoms with Gasteiger partial charge in [-0.05, 0) is 54.7 Å². The number of carbonyl (C=O) groups is 2. The lowest BCUT2D eigenvalue weighted by molar-refractivity contribution is -0.117. The number of methoxy groups -OCH3 is 1. The highest BCUT2D eigenvalue weighted by atomic mass is 32.2. The van der Waals surface area contributed by atoms with Crippen LogP contribution in [0.25, 0.3) is 0 Å². The van der Waals surface area contributed by atoms with Gasteiger partial charge in [-0.1, -0.05) is 75.7 Å².